The molecule has 0 unspecified atom stereocenters. The molecule has 1 amide bonds. The highest BCUT2D eigenvalue weighted by Gasteiger charge is 2.13. The number of aromatic nitrogens is 1. The van der Waals surface area contributed by atoms with Crippen LogP contribution in [0.25, 0.3) is 10.9 Å². The van der Waals surface area contributed by atoms with Crippen LogP contribution in [0.5, 0.6) is 5.75 Å². The van der Waals surface area contributed by atoms with Gasteiger partial charge in [0.1, 0.15) is 17.1 Å². The van der Waals surface area contributed by atoms with Crippen LogP contribution in [0.4, 0.5) is 11.5 Å². The fraction of sp³-hybridized carbons (Fsp3) is 0.360. The molecule has 0 saturated carbocycles. The number of hydrogen-bond donors (Lipinski definition) is 1. The average molecular weight is 404 g/mol. The highest BCUT2D eigenvalue weighted by molar-refractivity contribution is 5.92. The molecule has 1 N–H and O–H groups in total. The van der Waals surface area contributed by atoms with Gasteiger partial charge in [-0.3, -0.25) is 4.79 Å². The lowest BCUT2D eigenvalue weighted by molar-refractivity contribution is -0.118. The SMILES string of the molecule is CCc1ccc(NC(=O)COc2cccc3ccc(N4CCCCCC4)nc23)cc1. The maximum atomic E-state index is 12.4. The van der Waals surface area contributed by atoms with E-state index >= 15 is 0 Å². The molecule has 5 heteroatoms. The van der Waals surface area contributed by atoms with E-state index in [2.05, 4.69) is 29.3 Å². The Kier molecular flexibility index (Phi) is 6.47. The highest BCUT2D eigenvalue weighted by Crippen LogP contribution is 2.27. The maximum Gasteiger partial charge on any atom is 0.262 e. The Morgan fingerprint density at radius 3 is 2.50 bits per heavy atom. The molecule has 2 heterocycles. The summed E-state index contributed by atoms with van der Waals surface area (Å²) in [6, 6.07) is 17.9. The number of ether oxygens (including phenoxy) is 1. The molecule has 1 saturated heterocycles. The third-order valence-electron chi connectivity index (χ3n) is 5.60. The largest absolute Gasteiger partial charge is 0.481 e. The van der Waals surface area contributed by atoms with Crippen LogP contribution in [0.15, 0.2) is 54.6 Å². The number of anilines is 2. The monoisotopic (exact) mass is 403 g/mol. The van der Waals surface area contributed by atoms with Gasteiger partial charge in [0.25, 0.3) is 5.91 Å². The van der Waals surface area contributed by atoms with E-state index in [9.17, 15) is 4.79 Å². The van der Waals surface area contributed by atoms with Crippen LogP contribution in [0.2, 0.25) is 0 Å². The van der Waals surface area contributed by atoms with Gasteiger partial charge in [0, 0.05) is 24.2 Å². The second kappa shape index (κ2) is 9.61. The van der Waals surface area contributed by atoms with Crippen molar-refractivity contribution in [2.45, 2.75) is 39.0 Å². The third kappa shape index (κ3) is 4.90. The number of carbonyl (C=O) groups is 1. The number of nitrogens with zero attached hydrogens (tertiary/aromatic N) is 2. The molecule has 4 rings (SSSR count). The van der Waals surface area contributed by atoms with Crippen molar-refractivity contribution in [1.82, 2.24) is 4.98 Å². The normalized spacial score (nSPS) is 14.4. The van der Waals surface area contributed by atoms with Crippen LogP contribution in [0, 0.1) is 0 Å². The Hall–Kier alpha value is -3.08. The smallest absolute Gasteiger partial charge is 0.262 e. The number of fused-ring (bicyclic) bond motifs is 1. The summed E-state index contributed by atoms with van der Waals surface area (Å²) in [6.45, 7) is 4.14. The first-order chi connectivity index (χ1) is 14.7. The van der Waals surface area contributed by atoms with E-state index < -0.39 is 0 Å². The van der Waals surface area contributed by atoms with Gasteiger partial charge in [-0.25, -0.2) is 4.98 Å². The second-order valence-corrected chi connectivity index (χ2v) is 7.79. The molecule has 1 aliphatic rings. The fourth-order valence-electron chi connectivity index (χ4n) is 3.87. The minimum absolute atomic E-state index is 0.0513. The van der Waals surface area contributed by atoms with Crippen LogP contribution >= 0.6 is 0 Å². The topological polar surface area (TPSA) is 54.5 Å². The second-order valence-electron chi connectivity index (χ2n) is 7.79. The van der Waals surface area contributed by atoms with Crippen LogP contribution < -0.4 is 15.0 Å². The summed E-state index contributed by atoms with van der Waals surface area (Å²) in [6.07, 6.45) is 5.96. The summed E-state index contributed by atoms with van der Waals surface area (Å²) in [7, 11) is 0. The number of pyridine rings is 1. The maximum absolute atomic E-state index is 12.4. The van der Waals surface area contributed by atoms with E-state index in [4.69, 9.17) is 9.72 Å². The van der Waals surface area contributed by atoms with Crippen molar-refractivity contribution in [2.75, 3.05) is 29.9 Å². The van der Waals surface area contributed by atoms with Crippen molar-refractivity contribution in [3.8, 4) is 5.75 Å². The highest BCUT2D eigenvalue weighted by atomic mass is 16.5. The predicted molar refractivity (Wildman–Crippen MR) is 122 cm³/mol. The zero-order valence-corrected chi connectivity index (χ0v) is 17.6. The summed E-state index contributed by atoms with van der Waals surface area (Å²) in [5.74, 6) is 1.45. The lowest BCUT2D eigenvalue weighted by Crippen LogP contribution is -2.24. The van der Waals surface area contributed by atoms with E-state index in [0.717, 1.165) is 41.9 Å². The molecular weight excluding hydrogens is 374 g/mol. The number of benzene rings is 2. The van der Waals surface area contributed by atoms with Gasteiger partial charge in [0.05, 0.1) is 0 Å². The molecule has 1 fully saturated rings. The fourth-order valence-corrected chi connectivity index (χ4v) is 3.87. The number of aryl methyl sites for hydroxylation is 1. The number of carbonyl (C=O) groups excluding carboxylic acids is 1. The first-order valence-corrected chi connectivity index (χ1v) is 10.9. The first-order valence-electron chi connectivity index (χ1n) is 10.9. The molecule has 1 aliphatic heterocycles. The quantitative estimate of drug-likeness (QED) is 0.615. The van der Waals surface area contributed by atoms with Crippen molar-refractivity contribution < 1.29 is 9.53 Å². The van der Waals surface area contributed by atoms with Crippen LogP contribution in [-0.2, 0) is 11.2 Å². The van der Waals surface area contributed by atoms with Crippen LogP contribution in [-0.4, -0.2) is 30.6 Å². The molecule has 5 nitrogen and oxygen atoms in total. The van der Waals surface area contributed by atoms with Crippen molar-refractivity contribution in [3.05, 3.63) is 60.2 Å². The van der Waals surface area contributed by atoms with Gasteiger partial charge >= 0.3 is 0 Å². The van der Waals surface area contributed by atoms with Gasteiger partial charge in [-0.05, 0) is 55.2 Å². The van der Waals surface area contributed by atoms with Crippen molar-refractivity contribution in [1.29, 1.82) is 0 Å². The van der Waals surface area contributed by atoms with E-state index in [1.54, 1.807) is 0 Å². The van der Waals surface area contributed by atoms with E-state index in [1.807, 2.05) is 42.5 Å². The van der Waals surface area contributed by atoms with Gasteiger partial charge < -0.3 is 15.0 Å². The lowest BCUT2D eigenvalue weighted by atomic mass is 10.1. The number of rotatable bonds is 6. The van der Waals surface area contributed by atoms with E-state index in [0.29, 0.717) is 5.75 Å². The van der Waals surface area contributed by atoms with Gasteiger partial charge in [-0.1, -0.05) is 44.0 Å². The zero-order valence-electron chi connectivity index (χ0n) is 17.6. The number of amides is 1. The molecule has 3 aromatic rings. The minimum Gasteiger partial charge on any atom is -0.481 e. The molecule has 0 atom stereocenters. The van der Waals surface area contributed by atoms with Crippen LogP contribution in [0.1, 0.15) is 38.2 Å². The number of hydrogen-bond acceptors (Lipinski definition) is 4. The summed E-state index contributed by atoms with van der Waals surface area (Å²) >= 11 is 0. The Balaban J connectivity index is 1.46. The van der Waals surface area contributed by atoms with Gasteiger partial charge in [-0.2, -0.15) is 0 Å². The summed E-state index contributed by atoms with van der Waals surface area (Å²) < 4.78 is 5.87. The molecule has 1 aromatic heterocycles. The molecule has 0 bridgehead atoms. The minimum atomic E-state index is -0.181. The average Bonchev–Trinajstić information content (AvgIpc) is 3.07. The molecule has 2 aromatic carbocycles. The summed E-state index contributed by atoms with van der Waals surface area (Å²) in [5, 5.41) is 3.90. The lowest BCUT2D eigenvalue weighted by Gasteiger charge is -2.22. The van der Waals surface area contributed by atoms with E-state index in [1.165, 1.54) is 31.2 Å². The predicted octanol–water partition coefficient (Wildman–Crippen LogP) is 5.20. The van der Waals surface area contributed by atoms with Gasteiger partial charge in [0.15, 0.2) is 6.61 Å². The van der Waals surface area contributed by atoms with Crippen molar-refractivity contribution in [2.24, 2.45) is 0 Å². The third-order valence-corrected chi connectivity index (χ3v) is 5.60. The van der Waals surface area contributed by atoms with Crippen molar-refractivity contribution in [3.63, 3.8) is 0 Å². The summed E-state index contributed by atoms with van der Waals surface area (Å²) in [4.78, 5) is 19.6. The first kappa shape index (κ1) is 20.2. The summed E-state index contributed by atoms with van der Waals surface area (Å²) in [5.41, 5.74) is 2.82. The standard InChI is InChI=1S/C25H29N3O2/c1-2-19-10-13-21(14-11-19)26-24(29)18-30-22-9-7-8-20-12-15-23(27-25(20)22)28-16-5-3-4-6-17-28/h7-15H,2-6,16-18H2,1H3,(H,26,29). The molecule has 0 aliphatic carbocycles. The molecular formula is C25H29N3O2. The van der Waals surface area contributed by atoms with Crippen molar-refractivity contribution >= 4 is 28.3 Å². The Labute approximate surface area is 178 Å². The number of para-hydroxylation sites is 1. The Bertz CT molecular complexity index is 993. The molecule has 0 radical (unpaired) electrons. The molecule has 30 heavy (non-hydrogen) atoms. The molecule has 0 spiro atoms. The zero-order chi connectivity index (χ0) is 20.8. The number of nitrogens with one attached hydrogen (secondary N) is 1. The van der Waals surface area contributed by atoms with E-state index in [-0.39, 0.29) is 12.5 Å². The van der Waals surface area contributed by atoms with Gasteiger partial charge in [-0.15, -0.1) is 0 Å². The van der Waals surface area contributed by atoms with Gasteiger partial charge in [0.2, 0.25) is 0 Å². The Morgan fingerprint density at radius 1 is 1.00 bits per heavy atom. The Morgan fingerprint density at radius 2 is 1.77 bits per heavy atom. The van der Waals surface area contributed by atoms with Crippen LogP contribution in [0.3, 0.4) is 0 Å². The molecule has 156 valence electrons.